The quantitative estimate of drug-likeness (QED) is 0.854. The van der Waals surface area contributed by atoms with Gasteiger partial charge in [0, 0.05) is 30.3 Å². The Kier molecular flexibility index (Phi) is 4.12. The lowest BCUT2D eigenvalue weighted by molar-refractivity contribution is 0.217. The number of carbonyl (C=O) groups excluding carboxylic acids is 1. The maximum Gasteiger partial charge on any atom is 0.321 e. The van der Waals surface area contributed by atoms with Gasteiger partial charge in [-0.2, -0.15) is 11.8 Å². The molecule has 0 spiro atoms. The number of thioether (sulfide) groups is 1. The second-order valence-electron chi connectivity index (χ2n) is 3.66. The lowest BCUT2D eigenvalue weighted by Gasteiger charge is -2.26. The summed E-state index contributed by atoms with van der Waals surface area (Å²) in [7, 11) is 0. The van der Waals surface area contributed by atoms with Crippen LogP contribution in [0.4, 0.5) is 14.9 Å². The van der Waals surface area contributed by atoms with Crippen LogP contribution in [-0.2, 0) is 0 Å². The minimum Gasteiger partial charge on any atom is -0.323 e. The number of anilines is 1. The highest BCUT2D eigenvalue weighted by Crippen LogP contribution is 2.19. The normalized spacial score (nSPS) is 15.8. The molecule has 0 radical (unpaired) electrons. The molecule has 0 saturated carbocycles. The van der Waals surface area contributed by atoms with Crippen LogP contribution in [0, 0.1) is 5.82 Å². The van der Waals surface area contributed by atoms with Crippen molar-refractivity contribution >= 4 is 35.1 Å². The van der Waals surface area contributed by atoms with Crippen LogP contribution in [0.1, 0.15) is 0 Å². The first-order valence-corrected chi connectivity index (χ1v) is 6.79. The SMILES string of the molecule is O=C(Nc1ccc(Cl)c(F)c1)N1CCSCC1. The average molecular weight is 275 g/mol. The molecule has 17 heavy (non-hydrogen) atoms. The van der Waals surface area contributed by atoms with Crippen LogP contribution in [0.5, 0.6) is 0 Å². The number of hydrogen-bond donors (Lipinski definition) is 1. The monoisotopic (exact) mass is 274 g/mol. The lowest BCUT2D eigenvalue weighted by atomic mass is 10.3. The predicted octanol–water partition coefficient (Wildman–Crippen LogP) is 3.06. The van der Waals surface area contributed by atoms with Gasteiger partial charge in [0.2, 0.25) is 0 Å². The van der Waals surface area contributed by atoms with Crippen LogP contribution in [0.2, 0.25) is 5.02 Å². The molecule has 0 unspecified atom stereocenters. The van der Waals surface area contributed by atoms with Crippen LogP contribution in [0.15, 0.2) is 18.2 Å². The van der Waals surface area contributed by atoms with Gasteiger partial charge in [-0.15, -0.1) is 0 Å². The second kappa shape index (κ2) is 5.60. The molecular weight excluding hydrogens is 263 g/mol. The number of benzene rings is 1. The van der Waals surface area contributed by atoms with Crippen molar-refractivity contribution in [3.8, 4) is 0 Å². The van der Waals surface area contributed by atoms with Gasteiger partial charge in [0.15, 0.2) is 0 Å². The summed E-state index contributed by atoms with van der Waals surface area (Å²) in [5, 5.41) is 2.71. The number of rotatable bonds is 1. The minimum atomic E-state index is -0.529. The molecule has 2 amide bonds. The summed E-state index contributed by atoms with van der Waals surface area (Å²) in [5.41, 5.74) is 0.426. The maximum absolute atomic E-state index is 13.2. The van der Waals surface area contributed by atoms with Gasteiger partial charge in [-0.25, -0.2) is 9.18 Å². The Morgan fingerprint density at radius 3 is 2.76 bits per heavy atom. The van der Waals surface area contributed by atoms with E-state index in [9.17, 15) is 9.18 Å². The number of nitrogens with zero attached hydrogens (tertiary/aromatic N) is 1. The van der Waals surface area contributed by atoms with Gasteiger partial charge in [-0.3, -0.25) is 0 Å². The Balaban J connectivity index is 1.99. The van der Waals surface area contributed by atoms with Gasteiger partial charge in [0.1, 0.15) is 5.82 Å². The van der Waals surface area contributed by atoms with Crippen LogP contribution >= 0.6 is 23.4 Å². The van der Waals surface area contributed by atoms with Crippen LogP contribution in [0.25, 0.3) is 0 Å². The van der Waals surface area contributed by atoms with E-state index in [-0.39, 0.29) is 11.1 Å². The second-order valence-corrected chi connectivity index (χ2v) is 5.29. The van der Waals surface area contributed by atoms with Crippen molar-refractivity contribution in [3.63, 3.8) is 0 Å². The van der Waals surface area contributed by atoms with E-state index in [4.69, 9.17) is 11.6 Å². The van der Waals surface area contributed by atoms with E-state index in [1.165, 1.54) is 12.1 Å². The molecule has 3 nitrogen and oxygen atoms in total. The molecule has 2 rings (SSSR count). The van der Waals surface area contributed by atoms with Crippen molar-refractivity contribution in [2.24, 2.45) is 0 Å². The fourth-order valence-corrected chi connectivity index (χ4v) is 2.56. The van der Waals surface area contributed by atoms with Crippen molar-refractivity contribution in [3.05, 3.63) is 29.0 Å². The van der Waals surface area contributed by atoms with Gasteiger partial charge in [-0.1, -0.05) is 11.6 Å². The van der Waals surface area contributed by atoms with Gasteiger partial charge in [0.05, 0.1) is 5.02 Å². The van der Waals surface area contributed by atoms with Crippen LogP contribution in [0.3, 0.4) is 0 Å². The molecule has 92 valence electrons. The van der Waals surface area contributed by atoms with Gasteiger partial charge < -0.3 is 10.2 Å². The van der Waals surface area contributed by atoms with Crippen molar-refractivity contribution < 1.29 is 9.18 Å². The summed E-state index contributed by atoms with van der Waals surface area (Å²) in [6.07, 6.45) is 0. The molecular formula is C11H12ClFN2OS. The molecule has 1 heterocycles. The largest absolute Gasteiger partial charge is 0.323 e. The van der Waals surface area contributed by atoms with Crippen LogP contribution in [-0.4, -0.2) is 35.5 Å². The fraction of sp³-hybridized carbons (Fsp3) is 0.364. The third kappa shape index (κ3) is 3.26. The first-order valence-electron chi connectivity index (χ1n) is 5.25. The lowest BCUT2D eigenvalue weighted by Crippen LogP contribution is -2.40. The number of hydrogen-bond acceptors (Lipinski definition) is 2. The minimum absolute atomic E-state index is 0.0531. The van der Waals surface area contributed by atoms with Crippen LogP contribution < -0.4 is 5.32 Å². The van der Waals surface area contributed by atoms with E-state index in [0.29, 0.717) is 5.69 Å². The fourth-order valence-electron chi connectivity index (χ4n) is 1.54. The summed E-state index contributed by atoms with van der Waals surface area (Å²) in [4.78, 5) is 13.5. The van der Waals surface area contributed by atoms with E-state index in [1.54, 1.807) is 11.0 Å². The molecule has 0 aliphatic carbocycles. The van der Waals surface area contributed by atoms with E-state index in [0.717, 1.165) is 24.6 Å². The topological polar surface area (TPSA) is 32.3 Å². The van der Waals surface area contributed by atoms with Gasteiger partial charge in [0.25, 0.3) is 0 Å². The van der Waals surface area contributed by atoms with E-state index < -0.39 is 5.82 Å². The summed E-state index contributed by atoms with van der Waals surface area (Å²) >= 11 is 7.39. The summed E-state index contributed by atoms with van der Waals surface area (Å²) in [5.74, 6) is 1.36. The van der Waals surface area contributed by atoms with Crippen molar-refractivity contribution in [2.45, 2.75) is 0 Å². The number of carbonyl (C=O) groups is 1. The molecule has 1 aliphatic heterocycles. The standard InChI is InChI=1S/C11H12ClFN2OS/c12-9-2-1-8(7-10(9)13)14-11(16)15-3-5-17-6-4-15/h1-2,7H,3-6H2,(H,14,16). The Hall–Kier alpha value is -0.940. The molecule has 1 N–H and O–H groups in total. The molecule has 1 aliphatic rings. The van der Waals surface area contributed by atoms with Crippen molar-refractivity contribution in [1.29, 1.82) is 0 Å². The number of halogens is 2. The average Bonchev–Trinajstić information content (AvgIpc) is 2.35. The molecule has 0 bridgehead atoms. The molecule has 0 atom stereocenters. The highest BCUT2D eigenvalue weighted by molar-refractivity contribution is 7.99. The highest BCUT2D eigenvalue weighted by Gasteiger charge is 2.16. The first kappa shape index (κ1) is 12.5. The zero-order valence-corrected chi connectivity index (χ0v) is 10.7. The molecule has 6 heteroatoms. The number of amides is 2. The Bertz CT molecular complexity index is 424. The first-order chi connectivity index (χ1) is 8.16. The molecule has 1 fully saturated rings. The molecule has 1 aromatic rings. The predicted molar refractivity (Wildman–Crippen MR) is 69.3 cm³/mol. The Labute approximate surface area is 108 Å². The van der Waals surface area contributed by atoms with E-state index in [2.05, 4.69) is 5.32 Å². The summed E-state index contributed by atoms with van der Waals surface area (Å²) in [6, 6.07) is 4.05. The summed E-state index contributed by atoms with van der Waals surface area (Å²) in [6.45, 7) is 1.46. The maximum atomic E-state index is 13.2. The zero-order chi connectivity index (χ0) is 12.3. The van der Waals surface area contributed by atoms with E-state index in [1.807, 2.05) is 11.8 Å². The number of nitrogens with one attached hydrogen (secondary N) is 1. The van der Waals surface area contributed by atoms with Crippen molar-refractivity contribution in [1.82, 2.24) is 4.90 Å². The Morgan fingerprint density at radius 1 is 1.41 bits per heavy atom. The number of urea groups is 1. The van der Waals surface area contributed by atoms with Crippen molar-refractivity contribution in [2.75, 3.05) is 29.9 Å². The Morgan fingerprint density at radius 2 is 2.12 bits per heavy atom. The van der Waals surface area contributed by atoms with Gasteiger partial charge >= 0.3 is 6.03 Å². The van der Waals surface area contributed by atoms with Gasteiger partial charge in [-0.05, 0) is 18.2 Å². The zero-order valence-electron chi connectivity index (χ0n) is 9.08. The summed E-state index contributed by atoms with van der Waals surface area (Å²) < 4.78 is 13.2. The molecule has 0 aromatic heterocycles. The van der Waals surface area contributed by atoms with E-state index >= 15 is 0 Å². The third-order valence-electron chi connectivity index (χ3n) is 2.47. The third-order valence-corrected chi connectivity index (χ3v) is 3.72. The molecule has 1 saturated heterocycles. The molecule has 1 aromatic carbocycles. The highest BCUT2D eigenvalue weighted by atomic mass is 35.5. The smallest absolute Gasteiger partial charge is 0.321 e.